The molecule has 14 nitrogen and oxygen atoms in total. The molecule has 0 N–H and O–H groups in total. The van der Waals surface area contributed by atoms with E-state index >= 15 is 0 Å². The van der Waals surface area contributed by atoms with E-state index in [1.165, 1.54) is 0 Å². The third-order valence-electron chi connectivity index (χ3n) is 15.8. The van der Waals surface area contributed by atoms with E-state index in [9.17, 15) is 19.2 Å². The van der Waals surface area contributed by atoms with Gasteiger partial charge >= 0.3 is 23.9 Å². The number of ether oxygens (including phenoxy) is 10. The van der Waals surface area contributed by atoms with Crippen LogP contribution in [0, 0.1) is 70.0 Å². The summed E-state index contributed by atoms with van der Waals surface area (Å²) in [5.74, 6) is 1.15. The molecule has 22 atom stereocenters. The zero-order valence-corrected chi connectivity index (χ0v) is 33.1. The van der Waals surface area contributed by atoms with Crippen molar-refractivity contribution in [3.8, 4) is 0 Å². The first kappa shape index (κ1) is 36.7. The standard InChI is InChI=1S/C23H32O6.C19H24O8/c1-9-11-5-13(19-17(11)28-19)15(9)21(24)26-7-23(3,4)8-27-22(25)16-10(2)12-6-14(16)20-18(12)29-20;1-19(2,5-22-17(20)7-3-9-13-15(26-13)11(7)24-9)6-23-18(21)8-4-10-14-16(27-14)12(8)25-10/h9-20H,5-8H2,1-4H3;7-16H,3-6H2,1-2H3. The Morgan fingerprint density at radius 2 is 0.768 bits per heavy atom. The quantitative estimate of drug-likeness (QED) is 0.161. The van der Waals surface area contributed by atoms with Crippen molar-refractivity contribution in [2.75, 3.05) is 26.4 Å². The van der Waals surface area contributed by atoms with Crippen LogP contribution in [0.5, 0.6) is 0 Å². The third-order valence-corrected chi connectivity index (χ3v) is 15.8. The van der Waals surface area contributed by atoms with Crippen LogP contribution >= 0.6 is 0 Å². The molecule has 308 valence electrons. The van der Waals surface area contributed by atoms with Gasteiger partial charge in [0.05, 0.1) is 86.7 Å². The summed E-state index contributed by atoms with van der Waals surface area (Å²) in [7, 11) is 0. The first-order chi connectivity index (χ1) is 26.7. The topological polar surface area (TPSA) is 174 Å². The van der Waals surface area contributed by atoms with Gasteiger partial charge in [-0.1, -0.05) is 41.5 Å². The van der Waals surface area contributed by atoms with Crippen LogP contribution in [-0.2, 0) is 66.5 Å². The Balaban J connectivity index is 0.000000130. The molecule has 8 aliphatic heterocycles. The van der Waals surface area contributed by atoms with Gasteiger partial charge in [-0.2, -0.15) is 0 Å². The summed E-state index contributed by atoms with van der Waals surface area (Å²) in [5, 5.41) is 0. The van der Waals surface area contributed by atoms with E-state index in [0.717, 1.165) is 12.8 Å². The molecule has 8 bridgehead atoms. The minimum atomic E-state index is -0.459. The molecular weight excluding hydrogens is 728 g/mol. The van der Waals surface area contributed by atoms with Gasteiger partial charge in [0.2, 0.25) is 0 Å². The molecule has 4 aliphatic carbocycles. The number of carbonyl (C=O) groups is 4. The van der Waals surface area contributed by atoms with Crippen LogP contribution in [0.15, 0.2) is 0 Å². The number of carbonyl (C=O) groups excluding carboxylic acids is 4. The molecule has 22 unspecified atom stereocenters. The van der Waals surface area contributed by atoms with Crippen LogP contribution in [0.2, 0.25) is 0 Å². The van der Waals surface area contributed by atoms with Crippen molar-refractivity contribution < 1.29 is 66.5 Å². The van der Waals surface area contributed by atoms with Gasteiger partial charge < -0.3 is 47.4 Å². The Morgan fingerprint density at radius 3 is 1.11 bits per heavy atom. The van der Waals surface area contributed by atoms with Crippen molar-refractivity contribution in [3.05, 3.63) is 0 Å². The van der Waals surface area contributed by atoms with E-state index in [1.807, 2.05) is 27.7 Å². The minimum Gasteiger partial charge on any atom is -0.465 e. The second-order valence-corrected chi connectivity index (χ2v) is 20.9. The maximum atomic E-state index is 12.8. The average molecular weight is 785 g/mol. The summed E-state index contributed by atoms with van der Waals surface area (Å²) in [6.45, 7) is 13.1. The van der Waals surface area contributed by atoms with Crippen molar-refractivity contribution in [2.45, 2.75) is 140 Å². The predicted molar refractivity (Wildman–Crippen MR) is 188 cm³/mol. The van der Waals surface area contributed by atoms with E-state index in [0.29, 0.717) is 72.8 Å². The lowest BCUT2D eigenvalue weighted by molar-refractivity contribution is -0.162. The molecule has 4 saturated carbocycles. The number of fused-ring (bicyclic) bond motifs is 20. The molecule has 0 aromatic carbocycles. The SMILES string of the molecule is CC(C)(COC(=O)C1CC2OC1C1OC21)COC(=O)C1CC2OC1C1OC21.CC1C2CC(C3OC23)C1C(=O)OCC(C)(C)COC(=O)C1C(C)C2CC1C1OC21. The Kier molecular flexibility index (Phi) is 8.24. The second-order valence-electron chi connectivity index (χ2n) is 20.9. The molecule has 56 heavy (non-hydrogen) atoms. The Hall–Kier alpha value is -2.36. The van der Waals surface area contributed by atoms with Gasteiger partial charge in [-0.25, -0.2) is 0 Å². The number of epoxide rings is 4. The number of hydrogen-bond donors (Lipinski definition) is 0. The molecule has 0 aromatic rings. The summed E-state index contributed by atoms with van der Waals surface area (Å²) in [5.41, 5.74) is -0.857. The van der Waals surface area contributed by atoms with Crippen LogP contribution in [-0.4, -0.2) is 124 Å². The smallest absolute Gasteiger partial charge is 0.311 e. The van der Waals surface area contributed by atoms with Gasteiger partial charge in [-0.3, -0.25) is 19.2 Å². The summed E-state index contributed by atoms with van der Waals surface area (Å²) in [6.07, 6.45) is 5.28. The van der Waals surface area contributed by atoms with Gasteiger partial charge in [0, 0.05) is 22.7 Å². The molecule has 8 heterocycles. The average Bonchev–Trinajstić information content (AvgIpc) is 4.16. The molecule has 12 fully saturated rings. The normalized spacial score (nSPS) is 51.6. The number of rotatable bonds is 12. The monoisotopic (exact) mass is 784 g/mol. The molecule has 8 saturated heterocycles. The van der Waals surface area contributed by atoms with Crippen LogP contribution in [0.4, 0.5) is 0 Å². The molecule has 0 amide bonds. The summed E-state index contributed by atoms with van der Waals surface area (Å²) in [6, 6.07) is 0. The van der Waals surface area contributed by atoms with E-state index in [-0.39, 0.29) is 123 Å². The molecule has 0 spiro atoms. The van der Waals surface area contributed by atoms with Gasteiger partial charge in [0.15, 0.2) is 0 Å². The lowest BCUT2D eigenvalue weighted by Crippen LogP contribution is -2.37. The van der Waals surface area contributed by atoms with E-state index in [1.54, 1.807) is 0 Å². The fourth-order valence-corrected chi connectivity index (χ4v) is 12.6. The Labute approximate surface area is 326 Å². The van der Waals surface area contributed by atoms with Crippen LogP contribution in [0.25, 0.3) is 0 Å². The largest absolute Gasteiger partial charge is 0.465 e. The number of esters is 4. The first-order valence-corrected chi connectivity index (χ1v) is 21.3. The van der Waals surface area contributed by atoms with Crippen LogP contribution in [0.3, 0.4) is 0 Å². The number of hydrogen-bond acceptors (Lipinski definition) is 14. The Morgan fingerprint density at radius 1 is 0.429 bits per heavy atom. The molecule has 12 rings (SSSR count). The first-order valence-electron chi connectivity index (χ1n) is 21.3. The maximum absolute atomic E-state index is 12.8. The Bertz CT molecular complexity index is 1560. The molecular formula is C42H56O14. The van der Waals surface area contributed by atoms with Gasteiger partial charge in [-0.05, 0) is 49.4 Å². The summed E-state index contributed by atoms with van der Waals surface area (Å²) in [4.78, 5) is 50.4. The molecule has 0 radical (unpaired) electrons. The van der Waals surface area contributed by atoms with Crippen molar-refractivity contribution in [2.24, 2.45) is 70.0 Å². The predicted octanol–water partition coefficient (Wildman–Crippen LogP) is 2.65. The maximum Gasteiger partial charge on any atom is 0.311 e. The molecule has 12 aliphatic rings. The van der Waals surface area contributed by atoms with E-state index in [2.05, 4.69) is 13.8 Å². The molecule has 14 heteroatoms. The zero-order chi connectivity index (χ0) is 38.7. The highest BCUT2D eigenvalue weighted by molar-refractivity contribution is 5.76. The van der Waals surface area contributed by atoms with Crippen molar-refractivity contribution in [3.63, 3.8) is 0 Å². The minimum absolute atomic E-state index is 0.0384. The summed E-state index contributed by atoms with van der Waals surface area (Å²) < 4.78 is 56.5. The van der Waals surface area contributed by atoms with Gasteiger partial charge in [0.1, 0.15) is 36.6 Å². The lowest BCUT2D eigenvalue weighted by Gasteiger charge is -2.29. The highest BCUT2D eigenvalue weighted by atomic mass is 16.7. The fraction of sp³-hybridized carbons (Fsp3) is 0.905. The van der Waals surface area contributed by atoms with Gasteiger partial charge in [-0.15, -0.1) is 0 Å². The van der Waals surface area contributed by atoms with Crippen molar-refractivity contribution in [1.82, 2.24) is 0 Å². The zero-order valence-electron chi connectivity index (χ0n) is 33.1. The highest BCUT2D eigenvalue weighted by Gasteiger charge is 2.70. The third kappa shape index (κ3) is 5.91. The van der Waals surface area contributed by atoms with E-state index in [4.69, 9.17) is 47.4 Å². The van der Waals surface area contributed by atoms with Crippen molar-refractivity contribution >= 4 is 23.9 Å². The lowest BCUT2D eigenvalue weighted by atomic mass is 9.80. The fourth-order valence-electron chi connectivity index (χ4n) is 12.6. The highest BCUT2D eigenvalue weighted by Crippen LogP contribution is 2.63. The molecule has 0 aromatic heterocycles. The van der Waals surface area contributed by atoms with Crippen molar-refractivity contribution in [1.29, 1.82) is 0 Å². The van der Waals surface area contributed by atoms with E-state index < -0.39 is 10.8 Å². The van der Waals surface area contributed by atoms with Gasteiger partial charge in [0.25, 0.3) is 0 Å². The van der Waals surface area contributed by atoms with Crippen LogP contribution < -0.4 is 0 Å². The summed E-state index contributed by atoms with van der Waals surface area (Å²) >= 11 is 0. The second kappa shape index (κ2) is 12.6. The van der Waals surface area contributed by atoms with Crippen LogP contribution in [0.1, 0.15) is 67.2 Å².